The maximum atomic E-state index is 4.42. The molecule has 0 aliphatic heterocycles. The number of allylic oxidation sites excluding steroid dienone is 1. The summed E-state index contributed by atoms with van der Waals surface area (Å²) in [5.41, 5.74) is 2.56. The van der Waals surface area contributed by atoms with E-state index in [0.29, 0.717) is 0 Å². The van der Waals surface area contributed by atoms with Crippen LogP contribution in [0.5, 0.6) is 0 Å². The Bertz CT molecular complexity index is 378. The zero-order chi connectivity index (χ0) is 12.1. The average molecular weight is 359 g/mol. The fraction of sp³-hybridized carbons (Fsp3) is 0.500. The molecule has 0 spiro atoms. The molecule has 1 fully saturated rings. The molecule has 0 atom stereocenters. The molecular formula is C14H17Br2N. The van der Waals surface area contributed by atoms with Crippen LogP contribution in [0.3, 0.4) is 0 Å². The van der Waals surface area contributed by atoms with E-state index < -0.39 is 0 Å². The van der Waals surface area contributed by atoms with Gasteiger partial charge in [-0.3, -0.25) is 4.98 Å². The molecule has 1 nitrogen and oxygen atoms in total. The Morgan fingerprint density at radius 1 is 1.29 bits per heavy atom. The third-order valence-electron chi connectivity index (χ3n) is 3.37. The van der Waals surface area contributed by atoms with Gasteiger partial charge in [0.1, 0.15) is 0 Å². The standard InChI is InChI=1S/C14H17Br2N/c15-9-12(11-4-2-1-3-5-11)8-14-7-6-13(16)10-17-14/h6-8,10-11H,1-5,9H2/b12-8-. The van der Waals surface area contributed by atoms with Crippen LogP contribution in [0.1, 0.15) is 37.8 Å². The smallest absolute Gasteiger partial charge is 0.0630 e. The summed E-state index contributed by atoms with van der Waals surface area (Å²) in [6.45, 7) is 0. The maximum absolute atomic E-state index is 4.42. The van der Waals surface area contributed by atoms with Crippen molar-refractivity contribution in [2.75, 3.05) is 5.33 Å². The van der Waals surface area contributed by atoms with Gasteiger partial charge in [0.15, 0.2) is 0 Å². The molecule has 92 valence electrons. The first-order valence-electron chi connectivity index (χ1n) is 6.17. The number of aromatic nitrogens is 1. The van der Waals surface area contributed by atoms with Crippen molar-refractivity contribution in [3.63, 3.8) is 0 Å². The second-order valence-electron chi connectivity index (χ2n) is 4.59. The lowest BCUT2D eigenvalue weighted by Gasteiger charge is -2.23. The lowest BCUT2D eigenvalue weighted by Crippen LogP contribution is -2.10. The molecule has 2 rings (SSSR count). The van der Waals surface area contributed by atoms with Crippen LogP contribution in [-0.2, 0) is 0 Å². The van der Waals surface area contributed by atoms with E-state index in [1.165, 1.54) is 37.7 Å². The van der Waals surface area contributed by atoms with Crippen LogP contribution in [0.2, 0.25) is 0 Å². The number of alkyl halides is 1. The SMILES string of the molecule is BrC/C(=C/c1ccc(Br)cn1)C1CCCCC1. The molecule has 0 aromatic carbocycles. The van der Waals surface area contributed by atoms with Crippen LogP contribution in [0.4, 0.5) is 0 Å². The molecule has 1 aliphatic rings. The summed E-state index contributed by atoms with van der Waals surface area (Å²) < 4.78 is 1.03. The monoisotopic (exact) mass is 357 g/mol. The molecule has 17 heavy (non-hydrogen) atoms. The Morgan fingerprint density at radius 2 is 2.06 bits per heavy atom. The Labute approximate surface area is 120 Å². The minimum atomic E-state index is 0.758. The van der Waals surface area contributed by atoms with Gasteiger partial charge in [-0.25, -0.2) is 0 Å². The summed E-state index contributed by atoms with van der Waals surface area (Å²) in [4.78, 5) is 4.42. The third-order valence-corrected chi connectivity index (χ3v) is 4.48. The highest BCUT2D eigenvalue weighted by molar-refractivity contribution is 9.10. The van der Waals surface area contributed by atoms with E-state index >= 15 is 0 Å². The second-order valence-corrected chi connectivity index (χ2v) is 6.07. The van der Waals surface area contributed by atoms with Crippen molar-refractivity contribution < 1.29 is 0 Å². The predicted octanol–water partition coefficient (Wildman–Crippen LogP) is 5.20. The Morgan fingerprint density at radius 3 is 2.65 bits per heavy atom. The number of hydrogen-bond donors (Lipinski definition) is 0. The van der Waals surface area contributed by atoms with E-state index in [-0.39, 0.29) is 0 Å². The quantitative estimate of drug-likeness (QED) is 0.676. The highest BCUT2D eigenvalue weighted by Gasteiger charge is 2.16. The van der Waals surface area contributed by atoms with Gasteiger partial charge in [0.2, 0.25) is 0 Å². The summed E-state index contributed by atoms with van der Waals surface area (Å²) in [6, 6.07) is 4.11. The lowest BCUT2D eigenvalue weighted by molar-refractivity contribution is 0.405. The molecule has 1 heterocycles. The molecule has 0 N–H and O–H groups in total. The topological polar surface area (TPSA) is 12.9 Å². The molecule has 0 bridgehead atoms. The Hall–Kier alpha value is -0.150. The first-order chi connectivity index (χ1) is 8.29. The van der Waals surface area contributed by atoms with Crippen molar-refractivity contribution in [1.82, 2.24) is 4.98 Å². The number of pyridine rings is 1. The van der Waals surface area contributed by atoms with Gasteiger partial charge in [0, 0.05) is 16.0 Å². The van der Waals surface area contributed by atoms with Crippen LogP contribution in [0.25, 0.3) is 6.08 Å². The Kier molecular flexibility index (Phi) is 5.23. The molecule has 1 aromatic heterocycles. The normalized spacial score (nSPS) is 18.4. The van der Waals surface area contributed by atoms with Crippen LogP contribution in [0.15, 0.2) is 28.4 Å². The number of halogens is 2. The van der Waals surface area contributed by atoms with Crippen LogP contribution >= 0.6 is 31.9 Å². The molecule has 0 radical (unpaired) electrons. The zero-order valence-corrected chi connectivity index (χ0v) is 13.0. The average Bonchev–Trinajstić information content (AvgIpc) is 2.39. The van der Waals surface area contributed by atoms with Crippen molar-refractivity contribution >= 4 is 37.9 Å². The van der Waals surface area contributed by atoms with Gasteiger partial charge in [-0.15, -0.1) is 0 Å². The molecule has 1 saturated carbocycles. The fourth-order valence-corrected chi connectivity index (χ4v) is 3.26. The van der Waals surface area contributed by atoms with Gasteiger partial charge in [-0.2, -0.15) is 0 Å². The number of hydrogen-bond acceptors (Lipinski definition) is 1. The van der Waals surface area contributed by atoms with Gasteiger partial charge >= 0.3 is 0 Å². The molecule has 0 amide bonds. The predicted molar refractivity (Wildman–Crippen MR) is 80.3 cm³/mol. The zero-order valence-electron chi connectivity index (χ0n) is 9.83. The third kappa shape index (κ3) is 3.92. The summed E-state index contributed by atoms with van der Waals surface area (Å²) in [5.74, 6) is 0.758. The molecule has 0 saturated heterocycles. The van der Waals surface area contributed by atoms with E-state index in [2.05, 4.69) is 49.0 Å². The van der Waals surface area contributed by atoms with E-state index in [4.69, 9.17) is 0 Å². The largest absolute Gasteiger partial charge is 0.256 e. The van der Waals surface area contributed by atoms with Crippen molar-refractivity contribution in [2.45, 2.75) is 32.1 Å². The molecule has 1 aromatic rings. The number of nitrogens with zero attached hydrogens (tertiary/aromatic N) is 1. The van der Waals surface area contributed by atoms with E-state index in [0.717, 1.165) is 21.4 Å². The van der Waals surface area contributed by atoms with Gasteiger partial charge < -0.3 is 0 Å². The minimum absolute atomic E-state index is 0.758. The highest BCUT2D eigenvalue weighted by atomic mass is 79.9. The first kappa shape index (κ1) is 13.3. The van der Waals surface area contributed by atoms with Crippen LogP contribution in [0, 0.1) is 5.92 Å². The second kappa shape index (κ2) is 6.69. The van der Waals surface area contributed by atoms with Gasteiger partial charge in [-0.1, -0.05) is 40.8 Å². The van der Waals surface area contributed by atoms with Crippen LogP contribution < -0.4 is 0 Å². The van der Waals surface area contributed by atoms with Crippen molar-refractivity contribution in [1.29, 1.82) is 0 Å². The van der Waals surface area contributed by atoms with Gasteiger partial charge in [-0.05, 0) is 52.9 Å². The van der Waals surface area contributed by atoms with Crippen molar-refractivity contribution in [3.05, 3.63) is 34.1 Å². The highest BCUT2D eigenvalue weighted by Crippen LogP contribution is 2.31. The summed E-state index contributed by atoms with van der Waals surface area (Å²) in [5, 5.41) is 0.968. The summed E-state index contributed by atoms with van der Waals surface area (Å²) >= 11 is 7.03. The summed E-state index contributed by atoms with van der Waals surface area (Å²) in [7, 11) is 0. The van der Waals surface area contributed by atoms with E-state index in [9.17, 15) is 0 Å². The first-order valence-corrected chi connectivity index (χ1v) is 8.09. The fourth-order valence-electron chi connectivity index (χ4n) is 2.40. The molecular weight excluding hydrogens is 342 g/mol. The van der Waals surface area contributed by atoms with E-state index in [1.54, 1.807) is 0 Å². The van der Waals surface area contributed by atoms with Crippen LogP contribution in [-0.4, -0.2) is 10.3 Å². The van der Waals surface area contributed by atoms with Gasteiger partial charge in [0.05, 0.1) is 5.69 Å². The number of rotatable bonds is 3. The maximum Gasteiger partial charge on any atom is 0.0630 e. The minimum Gasteiger partial charge on any atom is -0.256 e. The van der Waals surface area contributed by atoms with E-state index in [1.807, 2.05) is 12.3 Å². The molecule has 0 unspecified atom stereocenters. The molecule has 1 aliphatic carbocycles. The Balaban J connectivity index is 2.13. The molecule has 3 heteroatoms. The lowest BCUT2D eigenvalue weighted by atomic mass is 9.84. The summed E-state index contributed by atoms with van der Waals surface area (Å²) in [6.07, 6.45) is 11.0. The van der Waals surface area contributed by atoms with Crippen molar-refractivity contribution in [3.8, 4) is 0 Å². The van der Waals surface area contributed by atoms with Gasteiger partial charge in [0.25, 0.3) is 0 Å². The van der Waals surface area contributed by atoms with Crippen molar-refractivity contribution in [2.24, 2.45) is 5.92 Å².